The average Bonchev–Trinajstić information content (AvgIpc) is 3.39. The number of nitrogens with zero attached hydrogens (tertiary/aromatic N) is 4. The van der Waals surface area contributed by atoms with Crippen molar-refractivity contribution in [2.24, 2.45) is 0 Å². The summed E-state index contributed by atoms with van der Waals surface area (Å²) in [5.74, 6) is -2.13. The maximum atomic E-state index is 13.9. The number of rotatable bonds is 7. The minimum absolute atomic E-state index is 0.0940. The summed E-state index contributed by atoms with van der Waals surface area (Å²) in [5.41, 5.74) is 3.61. The van der Waals surface area contributed by atoms with E-state index in [0.29, 0.717) is 30.1 Å². The summed E-state index contributed by atoms with van der Waals surface area (Å²) < 4.78 is 57.9. The lowest BCUT2D eigenvalue weighted by Crippen LogP contribution is -2.55. The van der Waals surface area contributed by atoms with Gasteiger partial charge in [0.05, 0.1) is 15.7 Å². The first-order chi connectivity index (χ1) is 19.1. The lowest BCUT2D eigenvalue weighted by molar-refractivity contribution is -0.120. The van der Waals surface area contributed by atoms with E-state index >= 15 is 0 Å². The van der Waals surface area contributed by atoms with Gasteiger partial charge in [0.2, 0.25) is 5.91 Å². The number of hydrogen-bond acceptors (Lipinski definition) is 7. The molecule has 0 saturated carbocycles. The first-order valence-electron chi connectivity index (χ1n) is 12.2. The maximum absolute atomic E-state index is 13.9. The number of fused-ring (bicyclic) bond motifs is 2. The molecule has 3 heterocycles. The molecule has 0 bridgehead atoms. The number of carbonyl (C=O) groups is 2. The Bertz CT molecular complexity index is 1680. The van der Waals surface area contributed by atoms with Crippen LogP contribution in [0.1, 0.15) is 17.5 Å². The zero-order valence-electron chi connectivity index (χ0n) is 21.2. The average molecular weight is 587 g/mol. The van der Waals surface area contributed by atoms with Gasteiger partial charge < -0.3 is 10.2 Å². The predicted molar refractivity (Wildman–Crippen MR) is 147 cm³/mol. The number of benzene rings is 2. The zero-order valence-corrected chi connectivity index (χ0v) is 22.8. The Balaban J connectivity index is 1.39. The molecule has 10 nitrogen and oxygen atoms in total. The van der Waals surface area contributed by atoms with Crippen molar-refractivity contribution < 1.29 is 26.8 Å². The molecule has 0 aliphatic carbocycles. The van der Waals surface area contributed by atoms with Crippen LogP contribution in [0.3, 0.4) is 0 Å². The number of urea groups is 1. The van der Waals surface area contributed by atoms with Gasteiger partial charge >= 0.3 is 16.2 Å². The molecule has 208 valence electrons. The van der Waals surface area contributed by atoms with E-state index in [1.54, 1.807) is 35.8 Å². The quantitative estimate of drug-likeness (QED) is 0.341. The van der Waals surface area contributed by atoms with Crippen molar-refractivity contribution in [2.75, 3.05) is 22.8 Å². The Morgan fingerprint density at radius 1 is 1.12 bits per heavy atom. The van der Waals surface area contributed by atoms with Crippen LogP contribution in [0.5, 0.6) is 0 Å². The van der Waals surface area contributed by atoms with Gasteiger partial charge in [0.1, 0.15) is 23.5 Å². The van der Waals surface area contributed by atoms with Crippen molar-refractivity contribution in [2.45, 2.75) is 25.3 Å². The summed E-state index contributed by atoms with van der Waals surface area (Å²) in [6, 6.07) is 8.85. The fourth-order valence-electron chi connectivity index (χ4n) is 4.54. The molecule has 0 fully saturated rings. The fraction of sp³-hybridized carbons (Fsp3) is 0.231. The van der Waals surface area contributed by atoms with Crippen LogP contribution in [-0.2, 0) is 27.8 Å². The van der Waals surface area contributed by atoms with Gasteiger partial charge in [-0.05, 0) is 60.4 Å². The number of carbonyl (C=O) groups excluding carboxylic acids is 2. The van der Waals surface area contributed by atoms with Gasteiger partial charge in [-0.15, -0.1) is 11.3 Å². The highest BCUT2D eigenvalue weighted by Crippen LogP contribution is 2.26. The number of halogens is 2. The second kappa shape index (κ2) is 11.1. The molecule has 4 aromatic rings. The molecule has 0 spiro atoms. The maximum Gasteiger partial charge on any atom is 0.330 e. The number of nitrogens with one attached hydrogen (secondary N) is 2. The van der Waals surface area contributed by atoms with Gasteiger partial charge in [-0.25, -0.2) is 32.6 Å². The molecule has 0 radical (unpaired) electrons. The number of amides is 3. The largest absolute Gasteiger partial charge is 0.330 e. The van der Waals surface area contributed by atoms with E-state index in [1.165, 1.54) is 29.5 Å². The number of pyridine rings is 1. The normalized spacial score (nSPS) is 13.9. The molecular weight excluding hydrogens is 562 g/mol. The molecule has 0 saturated heterocycles. The minimum atomic E-state index is -4.39. The summed E-state index contributed by atoms with van der Waals surface area (Å²) >= 11 is 1.43. The number of anilines is 2. The first kappa shape index (κ1) is 27.4. The molecule has 2 aromatic carbocycles. The predicted octanol–water partition coefficient (Wildman–Crippen LogP) is 3.54. The molecule has 1 aliphatic rings. The molecule has 14 heteroatoms. The molecule has 2 N–H and O–H groups in total. The number of thiazole rings is 1. The number of likely N-dealkylation sites (N-methyl/N-ethyl adjacent to an activating group) is 1. The number of aromatic nitrogens is 2. The third-order valence-electron chi connectivity index (χ3n) is 6.42. The summed E-state index contributed by atoms with van der Waals surface area (Å²) in [5, 5.41) is 2.38. The molecular formula is C26H24F2N6O4S2. The van der Waals surface area contributed by atoms with Crippen molar-refractivity contribution in [3.05, 3.63) is 83.0 Å². The van der Waals surface area contributed by atoms with Crippen LogP contribution < -0.4 is 19.2 Å². The van der Waals surface area contributed by atoms with Crippen molar-refractivity contribution in [3.8, 4) is 0 Å². The Kier molecular flexibility index (Phi) is 7.63. The topological polar surface area (TPSA) is 125 Å². The molecule has 3 amide bonds. The van der Waals surface area contributed by atoms with Gasteiger partial charge in [-0.2, -0.15) is 8.42 Å². The minimum Gasteiger partial charge on any atom is -0.325 e. The molecule has 1 aliphatic heterocycles. The monoisotopic (exact) mass is 586 g/mol. The third kappa shape index (κ3) is 5.87. The molecule has 2 aromatic heterocycles. The van der Waals surface area contributed by atoms with Crippen LogP contribution in [0.4, 0.5) is 25.1 Å². The summed E-state index contributed by atoms with van der Waals surface area (Å²) in [6.45, 7) is 0.111. The Hall–Kier alpha value is -4.17. The zero-order chi connectivity index (χ0) is 28.4. The van der Waals surface area contributed by atoms with E-state index in [9.17, 15) is 26.8 Å². The van der Waals surface area contributed by atoms with Crippen molar-refractivity contribution in [1.29, 1.82) is 0 Å². The summed E-state index contributed by atoms with van der Waals surface area (Å²) in [4.78, 5) is 36.2. The van der Waals surface area contributed by atoms with Crippen molar-refractivity contribution >= 4 is 55.2 Å². The molecule has 40 heavy (non-hydrogen) atoms. The van der Waals surface area contributed by atoms with Crippen molar-refractivity contribution in [1.82, 2.24) is 20.0 Å². The molecule has 1 atom stereocenters. The Morgan fingerprint density at radius 3 is 2.67 bits per heavy atom. The van der Waals surface area contributed by atoms with E-state index in [1.807, 2.05) is 4.72 Å². The van der Waals surface area contributed by atoms with E-state index in [0.717, 1.165) is 26.7 Å². The summed E-state index contributed by atoms with van der Waals surface area (Å²) in [7, 11) is -2.91. The lowest BCUT2D eigenvalue weighted by atomic mass is 10.0. The fourth-order valence-corrected chi connectivity index (χ4v) is 6.37. The van der Waals surface area contributed by atoms with Crippen molar-refractivity contribution in [3.63, 3.8) is 0 Å². The van der Waals surface area contributed by atoms with Crippen LogP contribution in [0.2, 0.25) is 0 Å². The highest BCUT2D eigenvalue weighted by Gasteiger charge is 2.32. The van der Waals surface area contributed by atoms with Crippen LogP contribution in [0.15, 0.2) is 60.2 Å². The molecule has 0 unspecified atom stereocenters. The second-order valence-corrected chi connectivity index (χ2v) is 11.7. The Morgan fingerprint density at radius 2 is 1.90 bits per heavy atom. The highest BCUT2D eigenvalue weighted by atomic mass is 32.2. The first-order valence-corrected chi connectivity index (χ1v) is 14.5. The highest BCUT2D eigenvalue weighted by molar-refractivity contribution is 7.91. The van der Waals surface area contributed by atoms with Crippen LogP contribution in [-0.4, -0.2) is 50.0 Å². The van der Waals surface area contributed by atoms with E-state index < -0.39 is 39.8 Å². The van der Waals surface area contributed by atoms with E-state index in [-0.39, 0.29) is 24.3 Å². The van der Waals surface area contributed by atoms with Gasteiger partial charge in [-0.3, -0.25) is 4.79 Å². The van der Waals surface area contributed by atoms with Gasteiger partial charge in [-0.1, -0.05) is 6.07 Å². The van der Waals surface area contributed by atoms with Gasteiger partial charge in [0, 0.05) is 38.0 Å². The van der Waals surface area contributed by atoms with Crippen LogP contribution in [0.25, 0.3) is 10.2 Å². The standard InChI is InChI=1S/C26H24F2N6O4S2/c1-33(20-6-7-23-21(14-20)30-15-39-23)25(35)22(12-16-10-18(27)13-19(28)11-16)31-26(36)32-40(37,38)34-9-3-5-17-4-2-8-29-24(17)34/h2,4,6-8,10-11,13-15,22H,3,5,9,12H2,1H3,(H2,31,32,36)/t22-/m0/s1. The third-order valence-corrected chi connectivity index (χ3v) is 8.61. The van der Waals surface area contributed by atoms with Gasteiger partial charge in [0.25, 0.3) is 0 Å². The SMILES string of the molecule is CN(C(=O)[C@H](Cc1cc(F)cc(F)c1)NC(=O)NS(=O)(=O)N1CCCc2cccnc21)c1ccc2scnc2c1. The second-order valence-electron chi connectivity index (χ2n) is 9.18. The van der Waals surface area contributed by atoms with Crippen LogP contribution >= 0.6 is 11.3 Å². The molecule has 5 rings (SSSR count). The number of aryl methyl sites for hydroxylation is 1. The summed E-state index contributed by atoms with van der Waals surface area (Å²) in [6.07, 6.45) is 2.32. The number of hydrogen-bond donors (Lipinski definition) is 2. The van der Waals surface area contributed by atoms with Gasteiger partial charge in [0.15, 0.2) is 0 Å². The van der Waals surface area contributed by atoms with E-state index in [4.69, 9.17) is 0 Å². The van der Waals surface area contributed by atoms with E-state index in [2.05, 4.69) is 15.3 Å². The van der Waals surface area contributed by atoms with Crippen LogP contribution in [0, 0.1) is 11.6 Å². The smallest absolute Gasteiger partial charge is 0.325 e. The lowest BCUT2D eigenvalue weighted by Gasteiger charge is -2.29. The Labute approximate surface area is 232 Å².